The molecule has 0 fully saturated rings. The first-order valence-electron chi connectivity index (χ1n) is 6.51. The SMILES string of the molecule is CCCCNC(=O)C1(O)CN(C)c2ccc(Br)cc21. The molecule has 19 heavy (non-hydrogen) atoms. The van der Waals surface area contributed by atoms with E-state index in [-0.39, 0.29) is 12.5 Å². The van der Waals surface area contributed by atoms with E-state index in [0.717, 1.165) is 23.0 Å². The Balaban J connectivity index is 2.26. The number of hydrogen-bond acceptors (Lipinski definition) is 3. The van der Waals surface area contributed by atoms with Crippen molar-refractivity contribution in [1.82, 2.24) is 5.32 Å². The fourth-order valence-corrected chi connectivity index (χ4v) is 2.77. The highest BCUT2D eigenvalue weighted by molar-refractivity contribution is 9.10. The van der Waals surface area contributed by atoms with Gasteiger partial charge in [-0.3, -0.25) is 4.79 Å². The molecule has 2 N–H and O–H groups in total. The van der Waals surface area contributed by atoms with E-state index < -0.39 is 5.60 Å². The van der Waals surface area contributed by atoms with Crippen molar-refractivity contribution < 1.29 is 9.90 Å². The first-order chi connectivity index (χ1) is 8.99. The number of aliphatic hydroxyl groups is 1. The van der Waals surface area contributed by atoms with Gasteiger partial charge >= 0.3 is 0 Å². The van der Waals surface area contributed by atoms with Gasteiger partial charge in [0.1, 0.15) is 0 Å². The minimum atomic E-state index is -1.46. The van der Waals surface area contributed by atoms with Crippen molar-refractivity contribution >= 4 is 27.5 Å². The highest BCUT2D eigenvalue weighted by atomic mass is 79.9. The summed E-state index contributed by atoms with van der Waals surface area (Å²) in [5.74, 6) is -0.315. The van der Waals surface area contributed by atoms with Gasteiger partial charge in [0.25, 0.3) is 5.91 Å². The van der Waals surface area contributed by atoms with Crippen LogP contribution in [-0.2, 0) is 10.4 Å². The number of anilines is 1. The number of hydrogen-bond donors (Lipinski definition) is 2. The third-order valence-corrected chi connectivity index (χ3v) is 3.97. The monoisotopic (exact) mass is 326 g/mol. The number of β-amino-alcohol motifs (C(OH)–C–C–N with tert-alkyl or cyclic N) is 1. The van der Waals surface area contributed by atoms with E-state index in [2.05, 4.69) is 28.2 Å². The number of unbranched alkanes of at least 4 members (excludes halogenated alkanes) is 1. The minimum absolute atomic E-state index is 0.288. The zero-order chi connectivity index (χ0) is 14.0. The van der Waals surface area contributed by atoms with Crippen LogP contribution < -0.4 is 10.2 Å². The second-order valence-electron chi connectivity index (χ2n) is 4.99. The van der Waals surface area contributed by atoms with E-state index in [4.69, 9.17) is 0 Å². The molecule has 1 aliphatic heterocycles. The van der Waals surface area contributed by atoms with Gasteiger partial charge in [-0.2, -0.15) is 0 Å². The Morgan fingerprint density at radius 1 is 1.58 bits per heavy atom. The largest absolute Gasteiger partial charge is 0.374 e. The standard InChI is InChI=1S/C14H19BrN2O2/c1-3-4-7-16-13(18)14(19)9-17(2)12-6-5-10(15)8-11(12)14/h5-6,8,19H,3-4,7,9H2,1-2H3,(H,16,18). The van der Waals surface area contributed by atoms with E-state index in [1.807, 2.05) is 30.1 Å². The van der Waals surface area contributed by atoms with Gasteiger partial charge in [-0.25, -0.2) is 0 Å². The Hall–Kier alpha value is -1.07. The maximum Gasteiger partial charge on any atom is 0.258 e. The summed E-state index contributed by atoms with van der Waals surface area (Å²) < 4.78 is 0.862. The third-order valence-electron chi connectivity index (χ3n) is 3.47. The summed E-state index contributed by atoms with van der Waals surface area (Å²) in [6.07, 6.45) is 1.93. The molecule has 4 nitrogen and oxygen atoms in total. The average Bonchev–Trinajstić information content (AvgIpc) is 2.62. The van der Waals surface area contributed by atoms with Gasteiger partial charge in [-0.05, 0) is 24.6 Å². The van der Waals surface area contributed by atoms with E-state index in [1.165, 1.54) is 0 Å². The Bertz CT molecular complexity index is 492. The molecular weight excluding hydrogens is 308 g/mol. The summed E-state index contributed by atoms with van der Waals surface area (Å²) in [7, 11) is 1.88. The number of amides is 1. The maximum absolute atomic E-state index is 12.3. The molecule has 0 aromatic heterocycles. The molecule has 1 heterocycles. The van der Waals surface area contributed by atoms with Gasteiger partial charge in [0.2, 0.25) is 0 Å². The van der Waals surface area contributed by atoms with E-state index in [0.29, 0.717) is 12.1 Å². The second-order valence-corrected chi connectivity index (χ2v) is 5.90. The zero-order valence-electron chi connectivity index (χ0n) is 11.2. The summed E-state index contributed by atoms with van der Waals surface area (Å²) in [5, 5.41) is 13.5. The van der Waals surface area contributed by atoms with Gasteiger partial charge in [0.15, 0.2) is 5.60 Å². The molecule has 0 aliphatic carbocycles. The van der Waals surface area contributed by atoms with Crippen LogP contribution in [0.2, 0.25) is 0 Å². The lowest BCUT2D eigenvalue weighted by Crippen LogP contribution is -2.47. The summed E-state index contributed by atoms with van der Waals surface area (Å²) >= 11 is 3.39. The Labute approximate surface area is 121 Å². The van der Waals surface area contributed by atoms with Crippen molar-refractivity contribution in [2.24, 2.45) is 0 Å². The Kier molecular flexibility index (Phi) is 4.16. The maximum atomic E-state index is 12.3. The Morgan fingerprint density at radius 2 is 2.32 bits per heavy atom. The molecule has 1 aromatic carbocycles. The molecule has 1 amide bonds. The number of rotatable bonds is 4. The molecule has 1 atom stereocenters. The van der Waals surface area contributed by atoms with Crippen LogP contribution in [0.1, 0.15) is 25.3 Å². The summed E-state index contributed by atoms with van der Waals surface area (Å²) in [6.45, 7) is 2.96. The van der Waals surface area contributed by atoms with Crippen LogP contribution in [0.5, 0.6) is 0 Å². The van der Waals surface area contributed by atoms with E-state index >= 15 is 0 Å². The predicted molar refractivity (Wildman–Crippen MR) is 79.2 cm³/mol. The van der Waals surface area contributed by atoms with Gasteiger partial charge in [-0.15, -0.1) is 0 Å². The average molecular weight is 327 g/mol. The highest BCUT2D eigenvalue weighted by Gasteiger charge is 2.46. The van der Waals surface area contributed by atoms with Crippen molar-refractivity contribution in [3.63, 3.8) is 0 Å². The number of carbonyl (C=O) groups excluding carboxylic acids is 1. The van der Waals surface area contributed by atoms with E-state index in [9.17, 15) is 9.90 Å². The molecule has 0 bridgehead atoms. The molecule has 104 valence electrons. The lowest BCUT2D eigenvalue weighted by molar-refractivity contribution is -0.139. The van der Waals surface area contributed by atoms with Crippen LogP contribution in [0.25, 0.3) is 0 Å². The first-order valence-corrected chi connectivity index (χ1v) is 7.30. The normalized spacial score (nSPS) is 21.4. The third kappa shape index (κ3) is 2.62. The van der Waals surface area contributed by atoms with Crippen LogP contribution in [0, 0.1) is 0 Å². The van der Waals surface area contributed by atoms with Gasteiger partial charge in [-0.1, -0.05) is 29.3 Å². The summed E-state index contributed by atoms with van der Waals surface area (Å²) in [4.78, 5) is 14.2. The fraction of sp³-hybridized carbons (Fsp3) is 0.500. The fourth-order valence-electron chi connectivity index (χ4n) is 2.41. The lowest BCUT2D eigenvalue weighted by atomic mass is 9.95. The lowest BCUT2D eigenvalue weighted by Gasteiger charge is -2.22. The number of fused-ring (bicyclic) bond motifs is 1. The molecule has 1 aromatic rings. The van der Waals surface area contributed by atoms with Crippen LogP contribution in [-0.4, -0.2) is 31.2 Å². The molecule has 0 saturated heterocycles. The predicted octanol–water partition coefficient (Wildman–Crippen LogP) is 2.00. The number of halogens is 1. The topological polar surface area (TPSA) is 52.6 Å². The molecule has 2 rings (SSSR count). The van der Waals surface area contributed by atoms with Crippen molar-refractivity contribution in [2.75, 3.05) is 25.0 Å². The van der Waals surface area contributed by atoms with Gasteiger partial charge in [0.05, 0.1) is 6.54 Å². The van der Waals surface area contributed by atoms with E-state index in [1.54, 1.807) is 0 Å². The van der Waals surface area contributed by atoms with Crippen molar-refractivity contribution in [3.8, 4) is 0 Å². The second kappa shape index (κ2) is 5.51. The number of likely N-dealkylation sites (N-methyl/N-ethyl adjacent to an activating group) is 1. The van der Waals surface area contributed by atoms with Crippen molar-refractivity contribution in [2.45, 2.75) is 25.4 Å². The number of carbonyl (C=O) groups is 1. The molecule has 1 aliphatic rings. The summed E-state index contributed by atoms with van der Waals surface area (Å²) in [5.41, 5.74) is 0.108. The zero-order valence-corrected chi connectivity index (χ0v) is 12.8. The van der Waals surface area contributed by atoms with Crippen LogP contribution >= 0.6 is 15.9 Å². The van der Waals surface area contributed by atoms with Gasteiger partial charge in [0, 0.05) is 29.3 Å². The number of benzene rings is 1. The number of nitrogens with zero attached hydrogens (tertiary/aromatic N) is 1. The molecular formula is C14H19BrN2O2. The first kappa shape index (κ1) is 14.3. The molecule has 5 heteroatoms. The minimum Gasteiger partial charge on any atom is -0.374 e. The van der Waals surface area contributed by atoms with Crippen LogP contribution in [0.3, 0.4) is 0 Å². The molecule has 1 unspecified atom stereocenters. The molecule has 0 saturated carbocycles. The highest BCUT2D eigenvalue weighted by Crippen LogP contribution is 2.39. The van der Waals surface area contributed by atoms with Crippen molar-refractivity contribution in [1.29, 1.82) is 0 Å². The quantitative estimate of drug-likeness (QED) is 0.832. The summed E-state index contributed by atoms with van der Waals surface area (Å²) in [6, 6.07) is 5.64. The Morgan fingerprint density at radius 3 is 3.00 bits per heavy atom. The van der Waals surface area contributed by atoms with Crippen molar-refractivity contribution in [3.05, 3.63) is 28.2 Å². The smallest absolute Gasteiger partial charge is 0.258 e. The number of nitrogens with one attached hydrogen (secondary N) is 1. The van der Waals surface area contributed by atoms with Crippen LogP contribution in [0.4, 0.5) is 5.69 Å². The van der Waals surface area contributed by atoms with Gasteiger partial charge < -0.3 is 15.3 Å². The molecule has 0 spiro atoms. The van der Waals surface area contributed by atoms with Crippen LogP contribution in [0.15, 0.2) is 22.7 Å². The molecule has 0 radical (unpaired) electrons.